The molecule has 1 amide bonds. The summed E-state index contributed by atoms with van der Waals surface area (Å²) in [6.07, 6.45) is -0.256. The average Bonchev–Trinajstić information content (AvgIpc) is 2.82. The molecule has 0 aliphatic carbocycles. The first-order valence-corrected chi connectivity index (χ1v) is 11.7. The summed E-state index contributed by atoms with van der Waals surface area (Å²) < 4.78 is 10.8. The van der Waals surface area contributed by atoms with Crippen molar-refractivity contribution >= 4 is 40.1 Å². The molecule has 0 bridgehead atoms. The third-order valence-corrected chi connectivity index (χ3v) is 6.38. The van der Waals surface area contributed by atoms with Crippen LogP contribution in [0.4, 0.5) is 5.69 Å². The van der Waals surface area contributed by atoms with Gasteiger partial charge in [-0.2, -0.15) is 0 Å². The van der Waals surface area contributed by atoms with E-state index >= 15 is 0 Å². The Kier molecular flexibility index (Phi) is 7.05. The van der Waals surface area contributed by atoms with E-state index < -0.39 is 18.0 Å². The Bertz CT molecular complexity index is 1240. The van der Waals surface area contributed by atoms with Crippen LogP contribution in [0.5, 0.6) is 5.75 Å². The lowest BCUT2D eigenvalue weighted by Gasteiger charge is -2.32. The maximum atomic E-state index is 13.4. The molecule has 2 aromatic carbocycles. The number of anilines is 1. The zero-order chi connectivity index (χ0) is 24.4. The van der Waals surface area contributed by atoms with E-state index in [0.717, 1.165) is 35.1 Å². The number of methoxy groups -OCH3 is 1. The van der Waals surface area contributed by atoms with Crippen LogP contribution < -0.4 is 10.1 Å². The predicted molar refractivity (Wildman–Crippen MR) is 133 cm³/mol. The van der Waals surface area contributed by atoms with Crippen molar-refractivity contribution in [1.29, 1.82) is 0 Å². The number of halogens is 1. The van der Waals surface area contributed by atoms with E-state index in [-0.39, 0.29) is 0 Å². The van der Waals surface area contributed by atoms with Gasteiger partial charge in [-0.1, -0.05) is 29.8 Å². The zero-order valence-corrected chi connectivity index (χ0v) is 20.5. The van der Waals surface area contributed by atoms with Crippen molar-refractivity contribution < 1.29 is 19.1 Å². The van der Waals surface area contributed by atoms with Crippen LogP contribution in [0.1, 0.15) is 42.4 Å². The summed E-state index contributed by atoms with van der Waals surface area (Å²) in [5, 5.41) is 3.83. The van der Waals surface area contributed by atoms with Crippen molar-refractivity contribution in [2.75, 3.05) is 19.0 Å². The molecule has 1 unspecified atom stereocenters. The Hall–Kier alpha value is -3.16. The fourth-order valence-corrected chi connectivity index (χ4v) is 4.40. The molecule has 1 aliphatic heterocycles. The molecule has 0 saturated heterocycles. The maximum Gasteiger partial charge on any atom is 0.339 e. The first-order chi connectivity index (χ1) is 16.3. The van der Waals surface area contributed by atoms with Crippen molar-refractivity contribution in [3.63, 3.8) is 0 Å². The zero-order valence-electron chi connectivity index (χ0n) is 19.7. The first-order valence-electron chi connectivity index (χ1n) is 11.3. The molecule has 4 rings (SSSR count). The molecule has 0 radical (unpaired) electrons. The summed E-state index contributed by atoms with van der Waals surface area (Å²) in [5.41, 5.74) is 3.50. The SMILES string of the molecule is COc1ccc(NC(=O)C(C)OC(=O)c2c3c(nc4ccccc24)CCN(C(C)C)C3)cc1Cl. The fraction of sp³-hybridized carbons (Fsp3) is 0.346. The number of nitrogens with zero attached hydrogens (tertiary/aromatic N) is 2. The number of hydrogen-bond donors (Lipinski definition) is 1. The van der Waals surface area contributed by atoms with Gasteiger partial charge in [0.25, 0.3) is 5.91 Å². The second-order valence-electron chi connectivity index (χ2n) is 8.63. The number of aromatic nitrogens is 1. The highest BCUT2D eigenvalue weighted by atomic mass is 35.5. The molecule has 8 heteroatoms. The Balaban J connectivity index is 1.59. The van der Waals surface area contributed by atoms with Gasteiger partial charge in [0.2, 0.25) is 0 Å². The van der Waals surface area contributed by atoms with Gasteiger partial charge in [-0.25, -0.2) is 4.79 Å². The minimum absolute atomic E-state index is 0.338. The number of nitrogens with one attached hydrogen (secondary N) is 1. The summed E-state index contributed by atoms with van der Waals surface area (Å²) in [5.74, 6) is -0.481. The first kappa shape index (κ1) is 24.0. The monoisotopic (exact) mass is 481 g/mol. The summed E-state index contributed by atoms with van der Waals surface area (Å²) in [6, 6.07) is 12.8. The normalized spacial score (nSPS) is 14.5. The molecule has 1 atom stereocenters. The van der Waals surface area contributed by atoms with Crippen LogP contribution >= 0.6 is 11.6 Å². The fourth-order valence-electron chi connectivity index (χ4n) is 4.15. The molecule has 2 heterocycles. The molecular weight excluding hydrogens is 454 g/mol. The average molecular weight is 482 g/mol. The largest absolute Gasteiger partial charge is 0.495 e. The number of fused-ring (bicyclic) bond motifs is 2. The lowest BCUT2D eigenvalue weighted by molar-refractivity contribution is -0.123. The van der Waals surface area contributed by atoms with E-state index in [2.05, 4.69) is 24.1 Å². The molecule has 1 aromatic heterocycles. The number of para-hydroxylation sites is 1. The van der Waals surface area contributed by atoms with Gasteiger partial charge >= 0.3 is 5.97 Å². The third kappa shape index (κ3) is 4.86. The minimum Gasteiger partial charge on any atom is -0.495 e. The van der Waals surface area contributed by atoms with Crippen LogP contribution in [0.15, 0.2) is 42.5 Å². The number of hydrogen-bond acceptors (Lipinski definition) is 6. The van der Waals surface area contributed by atoms with Gasteiger partial charge in [0, 0.05) is 47.9 Å². The van der Waals surface area contributed by atoms with E-state index in [9.17, 15) is 9.59 Å². The number of ether oxygens (including phenoxy) is 2. The van der Waals surface area contributed by atoms with Crippen LogP contribution in [-0.4, -0.2) is 47.6 Å². The number of amides is 1. The molecule has 178 valence electrons. The van der Waals surface area contributed by atoms with Crippen molar-refractivity contribution in [2.24, 2.45) is 0 Å². The van der Waals surface area contributed by atoms with E-state index in [4.69, 9.17) is 26.1 Å². The van der Waals surface area contributed by atoms with Crippen LogP contribution in [0.25, 0.3) is 10.9 Å². The lowest BCUT2D eigenvalue weighted by atomic mass is 9.95. The molecule has 0 spiro atoms. The molecule has 1 N–H and O–H groups in total. The molecule has 1 aliphatic rings. The second-order valence-corrected chi connectivity index (χ2v) is 9.04. The van der Waals surface area contributed by atoms with Crippen molar-refractivity contribution in [3.8, 4) is 5.75 Å². The highest BCUT2D eigenvalue weighted by Gasteiger charge is 2.29. The van der Waals surface area contributed by atoms with Gasteiger partial charge in [0.1, 0.15) is 5.75 Å². The Morgan fingerprint density at radius 3 is 2.62 bits per heavy atom. The summed E-state index contributed by atoms with van der Waals surface area (Å²) in [6.45, 7) is 7.31. The molecule has 0 saturated carbocycles. The highest BCUT2D eigenvalue weighted by molar-refractivity contribution is 6.32. The molecule has 34 heavy (non-hydrogen) atoms. The molecular formula is C26H28ClN3O4. The van der Waals surface area contributed by atoms with Crippen LogP contribution in [-0.2, 0) is 22.5 Å². The highest BCUT2D eigenvalue weighted by Crippen LogP contribution is 2.30. The number of benzene rings is 2. The third-order valence-electron chi connectivity index (χ3n) is 6.08. The van der Waals surface area contributed by atoms with Crippen molar-refractivity contribution in [2.45, 2.75) is 45.9 Å². The van der Waals surface area contributed by atoms with Gasteiger partial charge in [0.15, 0.2) is 6.10 Å². The Morgan fingerprint density at radius 1 is 1.15 bits per heavy atom. The van der Waals surface area contributed by atoms with E-state index in [1.807, 2.05) is 24.3 Å². The summed E-state index contributed by atoms with van der Waals surface area (Å²) >= 11 is 6.14. The van der Waals surface area contributed by atoms with Gasteiger partial charge in [-0.05, 0) is 45.0 Å². The number of rotatable bonds is 6. The Labute approximate surface area is 204 Å². The van der Waals surface area contributed by atoms with Gasteiger partial charge < -0.3 is 14.8 Å². The number of carbonyl (C=O) groups excluding carboxylic acids is 2. The maximum absolute atomic E-state index is 13.4. The van der Waals surface area contributed by atoms with Crippen LogP contribution in [0, 0.1) is 0 Å². The predicted octanol–water partition coefficient (Wildman–Crippen LogP) is 4.85. The van der Waals surface area contributed by atoms with Gasteiger partial charge in [0.05, 0.1) is 23.2 Å². The van der Waals surface area contributed by atoms with E-state index in [1.54, 1.807) is 25.1 Å². The van der Waals surface area contributed by atoms with Crippen molar-refractivity contribution in [3.05, 3.63) is 64.3 Å². The molecule has 3 aromatic rings. The van der Waals surface area contributed by atoms with Crippen molar-refractivity contribution in [1.82, 2.24) is 9.88 Å². The summed E-state index contributed by atoms with van der Waals surface area (Å²) in [4.78, 5) is 33.3. The lowest BCUT2D eigenvalue weighted by Crippen LogP contribution is -2.37. The molecule has 7 nitrogen and oxygen atoms in total. The standard InChI is InChI=1S/C26H28ClN3O4/c1-15(2)30-12-11-22-19(14-30)24(18-7-5-6-8-21(18)29-22)26(32)34-16(3)25(31)28-17-9-10-23(33-4)20(27)13-17/h5-10,13,15-16H,11-12,14H2,1-4H3,(H,28,31). The summed E-state index contributed by atoms with van der Waals surface area (Å²) in [7, 11) is 1.52. The second kappa shape index (κ2) is 9.99. The smallest absolute Gasteiger partial charge is 0.339 e. The van der Waals surface area contributed by atoms with Gasteiger partial charge in [-0.3, -0.25) is 14.7 Å². The van der Waals surface area contributed by atoms with Crippen LogP contribution in [0.3, 0.4) is 0 Å². The number of pyridine rings is 1. The number of esters is 1. The molecule has 0 fully saturated rings. The van der Waals surface area contributed by atoms with Gasteiger partial charge in [-0.15, -0.1) is 0 Å². The van der Waals surface area contributed by atoms with E-state index in [0.29, 0.717) is 34.6 Å². The minimum atomic E-state index is -1.01. The quantitative estimate of drug-likeness (QED) is 0.507. The Morgan fingerprint density at radius 2 is 1.91 bits per heavy atom. The van der Waals surface area contributed by atoms with Crippen LogP contribution in [0.2, 0.25) is 5.02 Å². The number of carbonyl (C=O) groups is 2. The topological polar surface area (TPSA) is 80.8 Å². The van der Waals surface area contributed by atoms with E-state index in [1.165, 1.54) is 7.11 Å².